The number of rotatable bonds is 4. The van der Waals surface area contributed by atoms with Crippen LogP contribution in [0.1, 0.15) is 45.5 Å². The summed E-state index contributed by atoms with van der Waals surface area (Å²) in [6, 6.07) is 14.6. The average molecular weight is 388 g/mol. The fourth-order valence-electron chi connectivity index (χ4n) is 2.97. The van der Waals surface area contributed by atoms with Crippen LogP contribution in [0.25, 0.3) is 0 Å². The molecule has 1 saturated carbocycles. The van der Waals surface area contributed by atoms with Gasteiger partial charge in [0.25, 0.3) is 5.91 Å². The topological polar surface area (TPSA) is 55.4 Å². The molecule has 1 amide bonds. The van der Waals surface area contributed by atoms with Crippen LogP contribution < -0.4 is 5.32 Å². The molecule has 0 saturated heterocycles. The van der Waals surface area contributed by atoms with Crippen LogP contribution >= 0.6 is 15.9 Å². The molecule has 0 atom stereocenters. The third-order valence-electron chi connectivity index (χ3n) is 4.51. The minimum Gasteiger partial charge on any atom is -0.465 e. The molecular weight excluding hydrogens is 370 g/mol. The first kappa shape index (κ1) is 16.7. The van der Waals surface area contributed by atoms with E-state index >= 15 is 0 Å². The Bertz CT molecular complexity index is 766. The van der Waals surface area contributed by atoms with E-state index in [1.54, 1.807) is 24.3 Å². The van der Waals surface area contributed by atoms with Crippen molar-refractivity contribution in [1.82, 2.24) is 5.32 Å². The van der Waals surface area contributed by atoms with Gasteiger partial charge >= 0.3 is 5.97 Å². The van der Waals surface area contributed by atoms with Crippen LogP contribution in [0.2, 0.25) is 0 Å². The first-order valence-electron chi connectivity index (χ1n) is 7.81. The number of halogens is 1. The lowest BCUT2D eigenvalue weighted by Crippen LogP contribution is -2.50. The Labute approximate surface area is 149 Å². The van der Waals surface area contributed by atoms with Gasteiger partial charge in [0, 0.05) is 10.0 Å². The molecule has 1 aliphatic rings. The molecule has 0 radical (unpaired) electrons. The van der Waals surface area contributed by atoms with Gasteiger partial charge in [-0.15, -0.1) is 0 Å². The van der Waals surface area contributed by atoms with Gasteiger partial charge in [0.15, 0.2) is 0 Å². The van der Waals surface area contributed by atoms with Crippen molar-refractivity contribution in [3.05, 3.63) is 69.7 Å². The number of ether oxygens (including phenoxy) is 1. The van der Waals surface area contributed by atoms with Crippen molar-refractivity contribution < 1.29 is 14.3 Å². The van der Waals surface area contributed by atoms with Crippen molar-refractivity contribution in [1.29, 1.82) is 0 Å². The number of nitrogens with one attached hydrogen (secondary N) is 1. The van der Waals surface area contributed by atoms with Crippen molar-refractivity contribution >= 4 is 27.8 Å². The molecular formula is C19H18BrNO3. The summed E-state index contributed by atoms with van der Waals surface area (Å²) in [4.78, 5) is 24.1. The van der Waals surface area contributed by atoms with Crippen molar-refractivity contribution in [3.63, 3.8) is 0 Å². The van der Waals surface area contributed by atoms with Gasteiger partial charge in [-0.05, 0) is 61.2 Å². The Morgan fingerprint density at radius 2 is 1.75 bits per heavy atom. The summed E-state index contributed by atoms with van der Waals surface area (Å²) in [5.41, 5.74) is 1.77. The smallest absolute Gasteiger partial charge is 0.337 e. The second kappa shape index (κ2) is 6.77. The third-order valence-corrected chi connectivity index (χ3v) is 5.00. The predicted octanol–water partition coefficient (Wildman–Crippen LogP) is 4.04. The van der Waals surface area contributed by atoms with Crippen molar-refractivity contribution in [2.24, 2.45) is 0 Å². The van der Waals surface area contributed by atoms with Gasteiger partial charge in [-0.3, -0.25) is 4.79 Å². The molecule has 4 nitrogen and oxygen atoms in total. The molecule has 0 aliphatic heterocycles. The van der Waals surface area contributed by atoms with Gasteiger partial charge < -0.3 is 10.1 Å². The fraction of sp³-hybridized carbons (Fsp3) is 0.263. The highest BCUT2D eigenvalue weighted by Gasteiger charge is 2.40. The largest absolute Gasteiger partial charge is 0.465 e. The lowest BCUT2D eigenvalue weighted by atomic mass is 9.71. The number of hydrogen-bond acceptors (Lipinski definition) is 3. The number of carbonyl (C=O) groups is 2. The predicted molar refractivity (Wildman–Crippen MR) is 94.9 cm³/mol. The summed E-state index contributed by atoms with van der Waals surface area (Å²) in [6.07, 6.45) is 2.94. The zero-order valence-corrected chi connectivity index (χ0v) is 14.9. The number of amides is 1. The maximum Gasteiger partial charge on any atom is 0.337 e. The maximum absolute atomic E-state index is 12.6. The molecule has 1 N–H and O–H groups in total. The number of carbonyl (C=O) groups excluding carboxylic acids is 2. The Morgan fingerprint density at radius 3 is 2.29 bits per heavy atom. The van der Waals surface area contributed by atoms with Crippen LogP contribution in [-0.4, -0.2) is 19.0 Å². The van der Waals surface area contributed by atoms with Crippen LogP contribution in [0.5, 0.6) is 0 Å². The summed E-state index contributed by atoms with van der Waals surface area (Å²) in [7, 11) is 1.33. The molecule has 5 heteroatoms. The molecule has 0 bridgehead atoms. The van der Waals surface area contributed by atoms with E-state index in [4.69, 9.17) is 0 Å². The van der Waals surface area contributed by atoms with Crippen LogP contribution in [0.3, 0.4) is 0 Å². The normalized spacial score (nSPS) is 15.2. The molecule has 24 heavy (non-hydrogen) atoms. The summed E-state index contributed by atoms with van der Waals surface area (Å²) in [5, 5.41) is 3.18. The molecule has 1 fully saturated rings. The van der Waals surface area contributed by atoms with Gasteiger partial charge in [0.05, 0.1) is 18.2 Å². The first-order valence-corrected chi connectivity index (χ1v) is 8.60. The highest BCUT2D eigenvalue weighted by atomic mass is 79.9. The summed E-state index contributed by atoms with van der Waals surface area (Å²) in [5.74, 6) is -0.544. The summed E-state index contributed by atoms with van der Waals surface area (Å²) in [6.45, 7) is 0. The molecule has 2 aromatic rings. The van der Waals surface area contributed by atoms with E-state index in [1.165, 1.54) is 7.11 Å². The Hall–Kier alpha value is -2.14. The minimum absolute atomic E-state index is 0.133. The van der Waals surface area contributed by atoms with Gasteiger partial charge in [0.2, 0.25) is 0 Å². The molecule has 0 heterocycles. The third kappa shape index (κ3) is 3.22. The van der Waals surface area contributed by atoms with Crippen LogP contribution in [0.15, 0.2) is 53.0 Å². The lowest BCUT2D eigenvalue weighted by molar-refractivity contribution is 0.0600. The number of esters is 1. The number of hydrogen-bond donors (Lipinski definition) is 1. The van der Waals surface area contributed by atoms with Crippen LogP contribution in [0, 0.1) is 0 Å². The zero-order chi connectivity index (χ0) is 17.2. The summed E-state index contributed by atoms with van der Waals surface area (Å²) >= 11 is 3.49. The molecule has 2 aromatic carbocycles. The molecule has 1 aliphatic carbocycles. The molecule has 124 valence electrons. The average Bonchev–Trinajstić information content (AvgIpc) is 2.57. The highest BCUT2D eigenvalue weighted by molar-refractivity contribution is 9.10. The quantitative estimate of drug-likeness (QED) is 0.805. The fourth-order valence-corrected chi connectivity index (χ4v) is 3.37. The summed E-state index contributed by atoms with van der Waals surface area (Å²) < 4.78 is 5.67. The molecule has 0 spiro atoms. The zero-order valence-electron chi connectivity index (χ0n) is 13.3. The maximum atomic E-state index is 12.6. The highest BCUT2D eigenvalue weighted by Crippen LogP contribution is 2.42. The van der Waals surface area contributed by atoms with Gasteiger partial charge in [-0.1, -0.05) is 28.1 Å². The Morgan fingerprint density at radius 1 is 1.08 bits per heavy atom. The van der Waals surface area contributed by atoms with E-state index in [-0.39, 0.29) is 11.4 Å². The van der Waals surface area contributed by atoms with Crippen molar-refractivity contribution in [2.75, 3.05) is 7.11 Å². The van der Waals surface area contributed by atoms with E-state index in [0.717, 1.165) is 29.3 Å². The van der Waals surface area contributed by atoms with Crippen LogP contribution in [0.4, 0.5) is 0 Å². The van der Waals surface area contributed by atoms with Crippen molar-refractivity contribution in [2.45, 2.75) is 24.8 Å². The Kier molecular flexibility index (Phi) is 4.71. The number of methoxy groups -OCH3 is 1. The van der Waals surface area contributed by atoms with E-state index in [0.29, 0.717) is 11.1 Å². The monoisotopic (exact) mass is 387 g/mol. The van der Waals surface area contributed by atoms with Crippen LogP contribution in [-0.2, 0) is 10.3 Å². The van der Waals surface area contributed by atoms with Gasteiger partial charge in [0.1, 0.15) is 0 Å². The van der Waals surface area contributed by atoms with Gasteiger partial charge in [-0.25, -0.2) is 4.79 Å². The second-order valence-corrected chi connectivity index (χ2v) is 6.88. The van der Waals surface area contributed by atoms with Crippen molar-refractivity contribution in [3.8, 4) is 0 Å². The first-order chi connectivity index (χ1) is 11.5. The van der Waals surface area contributed by atoms with E-state index in [1.807, 2.05) is 18.2 Å². The van der Waals surface area contributed by atoms with Gasteiger partial charge in [-0.2, -0.15) is 0 Å². The lowest BCUT2D eigenvalue weighted by Gasteiger charge is -2.43. The Balaban J connectivity index is 1.79. The molecule has 0 aromatic heterocycles. The molecule has 3 rings (SSSR count). The number of benzene rings is 2. The standard InChI is InChI=1S/C19H18BrNO3/c1-24-18(23)14-8-6-13(7-9-14)17(22)21-19(10-3-11-19)15-4-2-5-16(20)12-15/h2,4-9,12H,3,10-11H2,1H3,(H,21,22). The molecule has 0 unspecified atom stereocenters. The van der Waals surface area contributed by atoms with E-state index < -0.39 is 5.97 Å². The minimum atomic E-state index is -0.411. The SMILES string of the molecule is COC(=O)c1ccc(C(=O)NC2(c3cccc(Br)c3)CCC2)cc1. The van der Waals surface area contributed by atoms with E-state index in [2.05, 4.69) is 32.0 Å². The van der Waals surface area contributed by atoms with E-state index in [9.17, 15) is 9.59 Å². The second-order valence-electron chi connectivity index (χ2n) is 5.97.